The highest BCUT2D eigenvalue weighted by Gasteiger charge is 2.35. The Labute approximate surface area is 161 Å². The van der Waals surface area contributed by atoms with Crippen molar-refractivity contribution in [1.29, 1.82) is 0 Å². The topological polar surface area (TPSA) is 77.8 Å². The summed E-state index contributed by atoms with van der Waals surface area (Å²) in [5, 5.41) is 10.0. The van der Waals surface area contributed by atoms with Crippen molar-refractivity contribution in [3.63, 3.8) is 0 Å². The lowest BCUT2D eigenvalue weighted by Crippen LogP contribution is -2.35. The molecule has 4 rings (SSSR count). The molecular weight excluding hydrogens is 394 g/mol. The summed E-state index contributed by atoms with van der Waals surface area (Å²) < 4.78 is 3.39. The molecule has 0 amide bonds. The second-order valence-electron chi connectivity index (χ2n) is 7.05. The molecule has 2 aliphatic rings. The lowest BCUT2D eigenvalue weighted by atomic mass is 10.2. The Hall–Kier alpha value is -2.22. The van der Waals surface area contributed by atoms with E-state index in [1.165, 1.54) is 12.8 Å². The van der Waals surface area contributed by atoms with Crippen molar-refractivity contribution < 1.29 is 4.58 Å². The Morgan fingerprint density at radius 2 is 1.85 bits per heavy atom. The molecule has 136 valence electrons. The molecule has 1 aromatic carbocycles. The molecule has 3 N–H and O–H groups in total. The number of nitrogens with one attached hydrogen (secondary N) is 3. The van der Waals surface area contributed by atoms with E-state index in [1.807, 2.05) is 24.3 Å². The molecule has 0 saturated heterocycles. The van der Waals surface area contributed by atoms with Gasteiger partial charge in [0.25, 0.3) is 0 Å². The minimum absolute atomic E-state index is 0.110. The van der Waals surface area contributed by atoms with Crippen molar-refractivity contribution >= 4 is 39.9 Å². The van der Waals surface area contributed by atoms with Gasteiger partial charge in [0, 0.05) is 16.1 Å². The van der Waals surface area contributed by atoms with E-state index < -0.39 is 0 Å². The van der Waals surface area contributed by atoms with Gasteiger partial charge in [0.2, 0.25) is 24.4 Å². The highest BCUT2D eigenvalue weighted by atomic mass is 79.9. The van der Waals surface area contributed by atoms with E-state index in [1.54, 1.807) is 0 Å². The smallest absolute Gasteiger partial charge is 0.234 e. The number of benzene rings is 1. The maximum Gasteiger partial charge on any atom is 0.234 e. The SMILES string of the molecule is CC(C)c1nc(Nc2ccc(Br)cc2)nc(NC2C[N+](C3CC3)=CN2)n1. The molecule has 1 fully saturated rings. The van der Waals surface area contributed by atoms with Crippen LogP contribution in [0.3, 0.4) is 0 Å². The molecule has 8 heteroatoms. The molecule has 2 aromatic rings. The van der Waals surface area contributed by atoms with Crippen LogP contribution in [0.25, 0.3) is 0 Å². The van der Waals surface area contributed by atoms with Crippen molar-refractivity contribution in [3.8, 4) is 0 Å². The van der Waals surface area contributed by atoms with Crippen molar-refractivity contribution in [3.05, 3.63) is 34.6 Å². The fourth-order valence-corrected chi connectivity index (χ4v) is 3.10. The number of aromatic nitrogens is 3. The Morgan fingerprint density at radius 1 is 1.12 bits per heavy atom. The highest BCUT2D eigenvalue weighted by Crippen LogP contribution is 2.24. The summed E-state index contributed by atoms with van der Waals surface area (Å²) in [6.07, 6.45) is 4.75. The monoisotopic (exact) mass is 416 g/mol. The number of anilines is 3. The molecule has 0 radical (unpaired) electrons. The predicted molar refractivity (Wildman–Crippen MR) is 106 cm³/mol. The van der Waals surface area contributed by atoms with Gasteiger partial charge in [-0.1, -0.05) is 29.8 Å². The van der Waals surface area contributed by atoms with Gasteiger partial charge in [-0.25, -0.2) is 0 Å². The molecule has 7 nitrogen and oxygen atoms in total. The van der Waals surface area contributed by atoms with E-state index in [0.29, 0.717) is 17.9 Å². The van der Waals surface area contributed by atoms with Gasteiger partial charge in [-0.2, -0.15) is 15.0 Å². The summed E-state index contributed by atoms with van der Waals surface area (Å²) in [5.74, 6) is 2.12. The first-order valence-corrected chi connectivity index (χ1v) is 9.76. The Kier molecular flexibility index (Phi) is 4.76. The number of halogens is 1. The third-order valence-corrected chi connectivity index (χ3v) is 4.95. The Morgan fingerprint density at radius 3 is 2.54 bits per heavy atom. The zero-order valence-electron chi connectivity index (χ0n) is 14.9. The molecule has 0 bridgehead atoms. The fourth-order valence-electron chi connectivity index (χ4n) is 2.84. The van der Waals surface area contributed by atoms with Crippen LogP contribution >= 0.6 is 15.9 Å². The third kappa shape index (κ3) is 4.12. The highest BCUT2D eigenvalue weighted by molar-refractivity contribution is 9.10. The minimum atomic E-state index is 0.110. The van der Waals surface area contributed by atoms with Gasteiger partial charge in [-0.3, -0.25) is 9.89 Å². The molecule has 1 unspecified atom stereocenters. The van der Waals surface area contributed by atoms with Crippen LogP contribution in [0.4, 0.5) is 17.6 Å². The first kappa shape index (κ1) is 17.2. The molecule has 1 atom stereocenters. The van der Waals surface area contributed by atoms with Crippen LogP contribution in [0.15, 0.2) is 28.7 Å². The summed E-state index contributed by atoms with van der Waals surface area (Å²) in [5.41, 5.74) is 0.937. The average Bonchev–Trinajstić information content (AvgIpc) is 3.37. The van der Waals surface area contributed by atoms with Crippen molar-refractivity contribution in [2.24, 2.45) is 0 Å². The van der Waals surface area contributed by atoms with Gasteiger partial charge in [-0.15, -0.1) is 0 Å². The molecule has 1 aliphatic carbocycles. The van der Waals surface area contributed by atoms with Gasteiger partial charge in [0.15, 0.2) is 0 Å². The van der Waals surface area contributed by atoms with E-state index in [4.69, 9.17) is 0 Å². The van der Waals surface area contributed by atoms with Crippen LogP contribution in [0.5, 0.6) is 0 Å². The number of hydrogen-bond acceptors (Lipinski definition) is 6. The molecule has 1 aromatic heterocycles. The summed E-state index contributed by atoms with van der Waals surface area (Å²) in [6.45, 7) is 5.08. The lowest BCUT2D eigenvalue weighted by Gasteiger charge is -2.13. The van der Waals surface area contributed by atoms with Crippen LogP contribution in [-0.2, 0) is 0 Å². The van der Waals surface area contributed by atoms with Crippen LogP contribution in [0, 0.1) is 0 Å². The number of rotatable bonds is 6. The molecule has 0 spiro atoms. The normalized spacial score (nSPS) is 19.2. The zero-order chi connectivity index (χ0) is 18.1. The van der Waals surface area contributed by atoms with Gasteiger partial charge < -0.3 is 10.6 Å². The second-order valence-corrected chi connectivity index (χ2v) is 7.96. The first-order valence-electron chi connectivity index (χ1n) is 8.97. The largest absolute Gasteiger partial charge is 0.324 e. The zero-order valence-corrected chi connectivity index (χ0v) is 16.5. The van der Waals surface area contributed by atoms with E-state index >= 15 is 0 Å². The first-order chi connectivity index (χ1) is 12.6. The molecular formula is C18H23BrN7+. The Balaban J connectivity index is 1.50. The summed E-state index contributed by atoms with van der Waals surface area (Å²) in [4.78, 5) is 13.7. The standard InChI is InChI=1S/C18H22BrN7/c1-11(2)16-23-17(21-13-5-3-12(19)4-6-13)25-18(24-16)22-15-9-26(10-20-15)14-7-8-14/h3-6,10-11,14-15H,7-9H2,1-2H3,(H2,21,22,23,24,25)/p+1. The molecule has 1 aliphatic heterocycles. The van der Waals surface area contributed by atoms with Crippen LogP contribution in [0.2, 0.25) is 0 Å². The van der Waals surface area contributed by atoms with Crippen LogP contribution < -0.4 is 16.0 Å². The van der Waals surface area contributed by atoms with Gasteiger partial charge in [0.05, 0.1) is 6.04 Å². The summed E-state index contributed by atoms with van der Waals surface area (Å²) in [7, 11) is 0. The Bertz CT molecular complexity index is 815. The van der Waals surface area contributed by atoms with Gasteiger partial charge >= 0.3 is 0 Å². The van der Waals surface area contributed by atoms with Crippen molar-refractivity contribution in [2.45, 2.75) is 44.8 Å². The minimum Gasteiger partial charge on any atom is -0.324 e. The van der Waals surface area contributed by atoms with Crippen molar-refractivity contribution in [2.75, 3.05) is 17.2 Å². The van der Waals surface area contributed by atoms with Crippen LogP contribution in [-0.4, -0.2) is 44.6 Å². The third-order valence-electron chi connectivity index (χ3n) is 4.42. The average molecular weight is 417 g/mol. The van der Waals surface area contributed by atoms with Gasteiger partial charge in [0.1, 0.15) is 12.4 Å². The maximum absolute atomic E-state index is 4.58. The molecule has 1 saturated carbocycles. The van der Waals surface area contributed by atoms with Gasteiger partial charge in [-0.05, 0) is 37.1 Å². The quantitative estimate of drug-likeness (QED) is 0.628. The lowest BCUT2D eigenvalue weighted by molar-refractivity contribution is -0.530. The van der Waals surface area contributed by atoms with E-state index in [0.717, 1.165) is 22.5 Å². The number of hydrogen-bond donors (Lipinski definition) is 3. The summed E-state index contributed by atoms with van der Waals surface area (Å²) in [6, 6.07) is 8.63. The fraction of sp³-hybridized carbons (Fsp3) is 0.444. The van der Waals surface area contributed by atoms with E-state index in [-0.39, 0.29) is 12.1 Å². The molecule has 2 heterocycles. The second kappa shape index (κ2) is 7.19. The number of nitrogens with zero attached hydrogens (tertiary/aromatic N) is 4. The van der Waals surface area contributed by atoms with E-state index in [9.17, 15) is 0 Å². The van der Waals surface area contributed by atoms with Crippen molar-refractivity contribution in [1.82, 2.24) is 20.3 Å². The predicted octanol–water partition coefficient (Wildman–Crippen LogP) is 3.05. The summed E-state index contributed by atoms with van der Waals surface area (Å²) >= 11 is 3.45. The van der Waals surface area contributed by atoms with Crippen LogP contribution in [0.1, 0.15) is 38.4 Å². The maximum atomic E-state index is 4.58. The van der Waals surface area contributed by atoms with E-state index in [2.05, 4.69) is 71.6 Å². The molecule has 26 heavy (non-hydrogen) atoms.